The first-order valence-electron chi connectivity index (χ1n) is 9.03. The summed E-state index contributed by atoms with van der Waals surface area (Å²) in [6, 6.07) is 3.83. The number of halogens is 3. The Kier molecular flexibility index (Phi) is 7.27. The van der Waals surface area contributed by atoms with Crippen LogP contribution in [0.2, 0.25) is 0 Å². The molecule has 1 atom stereocenters. The Morgan fingerprint density at radius 2 is 1.93 bits per heavy atom. The van der Waals surface area contributed by atoms with E-state index in [1.165, 1.54) is 10.4 Å². The molecule has 1 aromatic carbocycles. The van der Waals surface area contributed by atoms with Gasteiger partial charge in [0.1, 0.15) is 6.10 Å². The summed E-state index contributed by atoms with van der Waals surface area (Å²) in [5, 5.41) is 4.12. The predicted octanol–water partition coefficient (Wildman–Crippen LogP) is 4.44. The zero-order chi connectivity index (χ0) is 20.1. The Morgan fingerprint density at radius 3 is 2.52 bits per heavy atom. The Hall–Kier alpha value is -1.61. The van der Waals surface area contributed by atoms with Gasteiger partial charge in [0.25, 0.3) is 0 Å². The molecule has 0 amide bonds. The van der Waals surface area contributed by atoms with Crippen LogP contribution in [-0.4, -0.2) is 37.6 Å². The second kappa shape index (κ2) is 9.05. The Morgan fingerprint density at radius 1 is 1.26 bits per heavy atom. The lowest BCUT2D eigenvalue weighted by atomic mass is 10.1. The van der Waals surface area contributed by atoms with E-state index in [9.17, 15) is 21.6 Å². The molecule has 0 radical (unpaired) electrons. The molecule has 0 saturated carbocycles. The standard InChI is InChI=1S/C18H25F3N2O3S/c1-3-4-6-14(2)26-22-16-9-11-23(12-10-16)27(24,25)17-8-5-7-15(13-17)18(19,20)21/h5,7-8,13-14H,3-4,6,9-12H2,1-2H3. The summed E-state index contributed by atoms with van der Waals surface area (Å²) >= 11 is 0. The zero-order valence-electron chi connectivity index (χ0n) is 15.5. The number of alkyl halides is 3. The molecule has 2 rings (SSSR count). The smallest absolute Gasteiger partial charge is 0.393 e. The summed E-state index contributed by atoms with van der Waals surface area (Å²) in [6.45, 7) is 4.38. The van der Waals surface area contributed by atoms with E-state index in [0.717, 1.165) is 37.1 Å². The van der Waals surface area contributed by atoms with Crippen LogP contribution in [0.1, 0.15) is 51.5 Å². The first-order valence-corrected chi connectivity index (χ1v) is 10.5. The molecule has 0 spiro atoms. The number of unbranched alkanes of at least 4 members (excludes halogenated alkanes) is 1. The molecule has 0 aromatic heterocycles. The van der Waals surface area contributed by atoms with Gasteiger partial charge in [0.2, 0.25) is 10.0 Å². The molecular formula is C18H25F3N2O3S. The van der Waals surface area contributed by atoms with E-state index >= 15 is 0 Å². The highest BCUT2D eigenvalue weighted by molar-refractivity contribution is 7.89. The predicted molar refractivity (Wildman–Crippen MR) is 96.9 cm³/mol. The third kappa shape index (κ3) is 5.93. The molecule has 1 aromatic rings. The fourth-order valence-corrected chi connectivity index (χ4v) is 4.25. The highest BCUT2D eigenvalue weighted by Gasteiger charge is 2.33. The summed E-state index contributed by atoms with van der Waals surface area (Å²) in [6.07, 6.45) is -0.745. The van der Waals surface area contributed by atoms with E-state index in [1.807, 2.05) is 6.92 Å². The van der Waals surface area contributed by atoms with Gasteiger partial charge in [0.15, 0.2) is 0 Å². The van der Waals surface area contributed by atoms with Gasteiger partial charge in [0.05, 0.1) is 16.2 Å². The third-order valence-electron chi connectivity index (χ3n) is 4.42. The van der Waals surface area contributed by atoms with E-state index in [4.69, 9.17) is 4.84 Å². The van der Waals surface area contributed by atoms with Crippen molar-refractivity contribution in [1.29, 1.82) is 0 Å². The highest BCUT2D eigenvalue weighted by Crippen LogP contribution is 2.31. The van der Waals surface area contributed by atoms with Crippen LogP contribution < -0.4 is 0 Å². The molecule has 1 unspecified atom stereocenters. The number of rotatable bonds is 7. The van der Waals surface area contributed by atoms with Crippen LogP contribution >= 0.6 is 0 Å². The summed E-state index contributed by atoms with van der Waals surface area (Å²) in [7, 11) is -3.97. The van der Waals surface area contributed by atoms with Crippen molar-refractivity contribution in [2.75, 3.05) is 13.1 Å². The molecule has 1 saturated heterocycles. The molecule has 1 aliphatic rings. The highest BCUT2D eigenvalue weighted by atomic mass is 32.2. The maximum Gasteiger partial charge on any atom is 0.416 e. The summed E-state index contributed by atoms with van der Waals surface area (Å²) in [5.41, 5.74) is -0.203. The van der Waals surface area contributed by atoms with Crippen LogP contribution in [-0.2, 0) is 21.0 Å². The van der Waals surface area contributed by atoms with Crippen molar-refractivity contribution in [1.82, 2.24) is 4.31 Å². The number of benzene rings is 1. The quantitative estimate of drug-likeness (QED) is 0.629. The molecule has 9 heteroatoms. The number of nitrogens with zero attached hydrogens (tertiary/aromatic N) is 2. The lowest BCUT2D eigenvalue weighted by Crippen LogP contribution is -2.38. The SMILES string of the molecule is CCCCC(C)ON=C1CCN(S(=O)(=O)c2cccc(C(F)(F)F)c2)CC1. The Balaban J connectivity index is 2.01. The zero-order valence-corrected chi connectivity index (χ0v) is 16.3. The van der Waals surface area contributed by atoms with Gasteiger partial charge in [0, 0.05) is 25.9 Å². The minimum Gasteiger partial charge on any atom is -0.393 e. The van der Waals surface area contributed by atoms with Crippen molar-refractivity contribution < 1.29 is 26.4 Å². The van der Waals surface area contributed by atoms with Gasteiger partial charge < -0.3 is 4.84 Å². The average molecular weight is 406 g/mol. The molecule has 0 N–H and O–H groups in total. The molecule has 1 fully saturated rings. The van der Waals surface area contributed by atoms with Crippen LogP contribution in [0.15, 0.2) is 34.3 Å². The van der Waals surface area contributed by atoms with Crippen molar-refractivity contribution in [3.05, 3.63) is 29.8 Å². The molecule has 1 aliphatic heterocycles. The van der Waals surface area contributed by atoms with Crippen molar-refractivity contribution in [3.8, 4) is 0 Å². The molecular weight excluding hydrogens is 381 g/mol. The number of piperidine rings is 1. The Bertz CT molecular complexity index is 753. The summed E-state index contributed by atoms with van der Waals surface area (Å²) in [5.74, 6) is 0. The number of sulfonamides is 1. The van der Waals surface area contributed by atoms with Gasteiger partial charge in [-0.1, -0.05) is 24.6 Å². The number of hydrogen-bond donors (Lipinski definition) is 0. The van der Waals surface area contributed by atoms with Crippen molar-refractivity contribution in [3.63, 3.8) is 0 Å². The van der Waals surface area contributed by atoms with Gasteiger partial charge in [-0.2, -0.15) is 17.5 Å². The summed E-state index contributed by atoms with van der Waals surface area (Å²) < 4.78 is 65.0. The minimum atomic E-state index is -4.58. The fraction of sp³-hybridized carbons (Fsp3) is 0.611. The topological polar surface area (TPSA) is 59.0 Å². The largest absolute Gasteiger partial charge is 0.416 e. The summed E-state index contributed by atoms with van der Waals surface area (Å²) in [4.78, 5) is 5.09. The fourth-order valence-electron chi connectivity index (χ4n) is 2.77. The first kappa shape index (κ1) is 21.7. The van der Waals surface area contributed by atoms with Crippen LogP contribution in [0, 0.1) is 0 Å². The third-order valence-corrected chi connectivity index (χ3v) is 6.32. The van der Waals surface area contributed by atoms with E-state index in [1.54, 1.807) is 0 Å². The molecule has 0 bridgehead atoms. The average Bonchev–Trinajstić information content (AvgIpc) is 2.64. The van der Waals surface area contributed by atoms with Crippen molar-refractivity contribution in [2.24, 2.45) is 5.16 Å². The molecule has 5 nitrogen and oxygen atoms in total. The van der Waals surface area contributed by atoms with Crippen molar-refractivity contribution in [2.45, 2.75) is 63.1 Å². The van der Waals surface area contributed by atoms with Crippen LogP contribution in [0.25, 0.3) is 0 Å². The van der Waals surface area contributed by atoms with E-state index < -0.39 is 21.8 Å². The maximum atomic E-state index is 12.8. The lowest BCUT2D eigenvalue weighted by molar-refractivity contribution is -0.137. The molecule has 27 heavy (non-hydrogen) atoms. The Labute approximate surface area is 158 Å². The van der Waals surface area contributed by atoms with Crippen LogP contribution in [0.3, 0.4) is 0 Å². The number of hydrogen-bond acceptors (Lipinski definition) is 4. The van der Waals surface area contributed by atoms with Gasteiger partial charge in [-0.3, -0.25) is 0 Å². The monoisotopic (exact) mass is 406 g/mol. The van der Waals surface area contributed by atoms with E-state index in [2.05, 4.69) is 12.1 Å². The minimum absolute atomic E-state index is 0.00400. The molecule has 1 heterocycles. The molecule has 152 valence electrons. The van der Waals surface area contributed by atoms with Gasteiger partial charge in [-0.05, 0) is 38.0 Å². The first-order chi connectivity index (χ1) is 12.6. The maximum absolute atomic E-state index is 12.8. The van der Waals surface area contributed by atoms with E-state index in [0.29, 0.717) is 18.9 Å². The van der Waals surface area contributed by atoms with Crippen LogP contribution in [0.5, 0.6) is 0 Å². The van der Waals surface area contributed by atoms with E-state index in [-0.39, 0.29) is 24.1 Å². The second-order valence-electron chi connectivity index (χ2n) is 6.65. The van der Waals surface area contributed by atoms with Gasteiger partial charge in [-0.25, -0.2) is 8.42 Å². The lowest BCUT2D eigenvalue weighted by Gasteiger charge is -2.27. The number of oxime groups is 1. The van der Waals surface area contributed by atoms with Crippen molar-refractivity contribution >= 4 is 15.7 Å². The van der Waals surface area contributed by atoms with Gasteiger partial charge >= 0.3 is 6.18 Å². The van der Waals surface area contributed by atoms with Crippen LogP contribution in [0.4, 0.5) is 13.2 Å². The molecule has 0 aliphatic carbocycles. The second-order valence-corrected chi connectivity index (χ2v) is 8.58. The normalized spacial score (nSPS) is 17.6. The van der Waals surface area contributed by atoms with Gasteiger partial charge in [-0.15, -0.1) is 0 Å².